The third-order valence-electron chi connectivity index (χ3n) is 8.33. The fourth-order valence-corrected chi connectivity index (χ4v) is 8.13. The van der Waals surface area contributed by atoms with Crippen LogP contribution in [0.25, 0.3) is 0 Å². The van der Waals surface area contributed by atoms with E-state index in [2.05, 4.69) is 15.6 Å². The number of thiazole rings is 1. The van der Waals surface area contributed by atoms with Gasteiger partial charge in [-0.2, -0.15) is 0 Å². The molecular formula is C39H46ClN5O9S2. The van der Waals surface area contributed by atoms with Crippen molar-refractivity contribution in [3.05, 3.63) is 94.1 Å². The van der Waals surface area contributed by atoms with Gasteiger partial charge in [-0.15, -0.1) is 34.7 Å². The number of nitrogens with zero attached hydrogens (tertiary/aromatic N) is 2. The second kappa shape index (κ2) is 17.3. The highest BCUT2D eigenvalue weighted by Crippen LogP contribution is 2.45. The largest absolute Gasteiger partial charge is 0.455 e. The molecule has 3 heterocycles. The Kier molecular flexibility index (Phi) is 13.2. The van der Waals surface area contributed by atoms with Crippen LogP contribution in [0.4, 0.5) is 9.93 Å². The number of thioether (sulfide) groups is 1. The Morgan fingerprint density at radius 3 is 2.14 bits per heavy atom. The highest BCUT2D eigenvalue weighted by atomic mass is 35.5. The summed E-state index contributed by atoms with van der Waals surface area (Å²) in [7, 11) is 0. The quantitative estimate of drug-likeness (QED) is 0.0644. The van der Waals surface area contributed by atoms with Crippen LogP contribution in [0.2, 0.25) is 0 Å². The number of alkyl halides is 1. The van der Waals surface area contributed by atoms with Crippen molar-refractivity contribution in [2.45, 2.75) is 89.0 Å². The van der Waals surface area contributed by atoms with Crippen molar-refractivity contribution in [3.63, 3.8) is 0 Å². The van der Waals surface area contributed by atoms with Gasteiger partial charge in [-0.05, 0) is 65.2 Å². The van der Waals surface area contributed by atoms with Crippen LogP contribution in [-0.4, -0.2) is 97.3 Å². The number of ether oxygens (including phenoxy) is 4. The van der Waals surface area contributed by atoms with Crippen LogP contribution in [0.15, 0.2) is 77.3 Å². The number of benzene rings is 2. The lowest BCUT2D eigenvalue weighted by Gasteiger charge is -2.57. The van der Waals surface area contributed by atoms with Gasteiger partial charge in [0.1, 0.15) is 39.7 Å². The molecule has 17 heteroatoms. The van der Waals surface area contributed by atoms with E-state index in [1.54, 1.807) is 39.5 Å². The number of amides is 2. The maximum absolute atomic E-state index is 14.4. The number of esters is 2. The fourth-order valence-electron chi connectivity index (χ4n) is 5.70. The SMILES string of the molecule is CC(C)(C)OC(=O)Nc1nc(C(=N)C(=O)N[C@@H]2C(OCC(C)(C)OC(=O)C(C)(C)O)N3C(C(=O)OC(c4ccccc4)c4ccccc4)=C(CCl)CSC23)cs1. The maximum atomic E-state index is 14.4. The van der Waals surface area contributed by atoms with Crippen LogP contribution in [0, 0.1) is 5.41 Å². The molecule has 2 amide bonds. The maximum Gasteiger partial charge on any atom is 0.413 e. The van der Waals surface area contributed by atoms with Crippen molar-refractivity contribution in [1.82, 2.24) is 15.2 Å². The lowest BCUT2D eigenvalue weighted by Crippen LogP contribution is -2.74. The Morgan fingerprint density at radius 1 is 0.982 bits per heavy atom. The van der Waals surface area contributed by atoms with Crippen molar-refractivity contribution in [2.75, 3.05) is 23.6 Å². The topological polar surface area (TPSA) is 189 Å². The van der Waals surface area contributed by atoms with E-state index < -0.39 is 70.2 Å². The van der Waals surface area contributed by atoms with Crippen LogP contribution >= 0.6 is 34.7 Å². The molecule has 0 bridgehead atoms. The zero-order valence-electron chi connectivity index (χ0n) is 32.1. The van der Waals surface area contributed by atoms with Gasteiger partial charge in [-0.3, -0.25) is 15.5 Å². The van der Waals surface area contributed by atoms with Crippen molar-refractivity contribution < 1.29 is 43.2 Å². The lowest BCUT2D eigenvalue weighted by molar-refractivity contribution is -0.200. The smallest absolute Gasteiger partial charge is 0.413 e. The monoisotopic (exact) mass is 827 g/mol. The Balaban J connectivity index is 1.41. The van der Waals surface area contributed by atoms with Gasteiger partial charge in [0.2, 0.25) is 0 Å². The number of hydrogen-bond acceptors (Lipinski definition) is 14. The summed E-state index contributed by atoms with van der Waals surface area (Å²) in [5.74, 6) is -1.96. The number of carbonyl (C=O) groups is 4. The normalized spacial score (nSPS) is 18.4. The molecule has 2 aromatic carbocycles. The van der Waals surface area contributed by atoms with Crippen molar-refractivity contribution in [1.29, 1.82) is 5.41 Å². The van der Waals surface area contributed by atoms with Gasteiger partial charge in [0.05, 0.1) is 6.61 Å². The van der Waals surface area contributed by atoms with E-state index in [4.69, 9.17) is 36.0 Å². The molecule has 56 heavy (non-hydrogen) atoms. The number of nitrogens with one attached hydrogen (secondary N) is 3. The molecule has 2 aliphatic rings. The summed E-state index contributed by atoms with van der Waals surface area (Å²) in [5.41, 5.74) is -1.94. The number of anilines is 1. The van der Waals surface area contributed by atoms with Gasteiger partial charge >= 0.3 is 18.0 Å². The van der Waals surface area contributed by atoms with Crippen LogP contribution in [0.1, 0.15) is 71.4 Å². The first-order valence-corrected chi connectivity index (χ1v) is 20.2. The average Bonchev–Trinajstić information content (AvgIpc) is 3.59. The molecule has 1 fully saturated rings. The lowest BCUT2D eigenvalue weighted by atomic mass is 9.99. The minimum absolute atomic E-state index is 0.00850. The summed E-state index contributed by atoms with van der Waals surface area (Å²) in [6.45, 7) is 10.8. The third-order valence-corrected chi connectivity index (χ3v) is 10.8. The standard InChI is InChI=1S/C39H46ClN5O9S2/c1-37(2,3)54-36(49)44-35-42-25(20-56-35)26(41)30(46)43-27-31(51-21-38(4,5)53-34(48)39(6,7)50)45-28(24(18-40)19-55-32(27)45)33(47)52-29(22-14-10-8-11-15-22)23-16-12-9-13-17-23/h8-17,20,27,29,31-32,41,50H,18-19,21H2,1-7H3,(H,43,46)(H,42,44,49)/t27-,31?,32?/m1/s1. The molecule has 0 saturated carbocycles. The molecule has 14 nitrogen and oxygen atoms in total. The highest BCUT2D eigenvalue weighted by Gasteiger charge is 2.56. The first-order valence-electron chi connectivity index (χ1n) is 17.7. The molecule has 1 saturated heterocycles. The van der Waals surface area contributed by atoms with Crippen LogP contribution < -0.4 is 10.6 Å². The molecule has 2 unspecified atom stereocenters. The summed E-state index contributed by atoms with van der Waals surface area (Å²) in [5, 5.41) is 25.3. The van der Waals surface area contributed by atoms with Gasteiger partial charge < -0.3 is 34.3 Å². The molecule has 4 N–H and O–H groups in total. The predicted octanol–water partition coefficient (Wildman–Crippen LogP) is 5.99. The van der Waals surface area contributed by atoms with Gasteiger partial charge in [-0.1, -0.05) is 60.7 Å². The molecule has 300 valence electrons. The van der Waals surface area contributed by atoms with Crippen LogP contribution in [0.5, 0.6) is 0 Å². The number of halogens is 1. The van der Waals surface area contributed by atoms with E-state index in [-0.39, 0.29) is 29.0 Å². The first-order chi connectivity index (χ1) is 26.3. The van der Waals surface area contributed by atoms with E-state index in [9.17, 15) is 24.3 Å². The number of rotatable bonds is 14. The van der Waals surface area contributed by atoms with E-state index in [1.165, 1.54) is 31.0 Å². The zero-order valence-corrected chi connectivity index (χ0v) is 34.5. The highest BCUT2D eigenvalue weighted by molar-refractivity contribution is 8.00. The molecule has 2 aliphatic heterocycles. The van der Waals surface area contributed by atoms with Gasteiger partial charge in [0.25, 0.3) is 5.91 Å². The summed E-state index contributed by atoms with van der Waals surface area (Å²) in [6, 6.07) is 17.9. The van der Waals surface area contributed by atoms with Crippen molar-refractivity contribution >= 4 is 69.5 Å². The van der Waals surface area contributed by atoms with E-state index in [0.717, 1.165) is 22.5 Å². The van der Waals surface area contributed by atoms with E-state index in [1.807, 2.05) is 60.7 Å². The van der Waals surface area contributed by atoms with Gasteiger partial charge in [0, 0.05) is 17.0 Å². The van der Waals surface area contributed by atoms with Gasteiger partial charge in [-0.25, -0.2) is 19.4 Å². The predicted molar refractivity (Wildman–Crippen MR) is 214 cm³/mol. The Hall–Kier alpha value is -4.48. The van der Waals surface area contributed by atoms with Gasteiger partial charge in [0.15, 0.2) is 23.1 Å². The molecule has 0 aliphatic carbocycles. The second-order valence-electron chi connectivity index (χ2n) is 15.3. The Labute approximate surface area is 338 Å². The van der Waals surface area contributed by atoms with Crippen LogP contribution in [-0.2, 0) is 33.3 Å². The molecule has 5 rings (SSSR count). The summed E-state index contributed by atoms with van der Waals surface area (Å²) >= 11 is 8.90. The Morgan fingerprint density at radius 2 is 1.59 bits per heavy atom. The molecule has 3 aromatic rings. The minimum Gasteiger partial charge on any atom is -0.455 e. The molecule has 3 atom stereocenters. The third kappa shape index (κ3) is 10.5. The number of carbonyl (C=O) groups excluding carboxylic acids is 4. The van der Waals surface area contributed by atoms with E-state index >= 15 is 0 Å². The zero-order chi connectivity index (χ0) is 41.0. The minimum atomic E-state index is -1.76. The second-order valence-corrected chi connectivity index (χ2v) is 17.5. The number of fused-ring (bicyclic) bond motifs is 1. The van der Waals surface area contributed by atoms with E-state index in [0.29, 0.717) is 11.3 Å². The molecular weight excluding hydrogens is 782 g/mol. The van der Waals surface area contributed by atoms with Crippen molar-refractivity contribution in [3.8, 4) is 0 Å². The van der Waals surface area contributed by atoms with Crippen LogP contribution in [0.3, 0.4) is 0 Å². The number of aromatic nitrogens is 1. The fraction of sp³-hybridized carbons (Fsp3) is 0.436. The summed E-state index contributed by atoms with van der Waals surface area (Å²) in [4.78, 5) is 58.8. The molecule has 0 radical (unpaired) electrons. The van der Waals surface area contributed by atoms with Crippen molar-refractivity contribution in [2.24, 2.45) is 0 Å². The number of hydrogen-bond donors (Lipinski definition) is 4. The summed E-state index contributed by atoms with van der Waals surface area (Å²) in [6.07, 6.45) is -2.50. The Bertz CT molecular complexity index is 1920. The molecule has 0 spiro atoms. The number of aliphatic hydroxyl groups is 1. The molecule has 1 aromatic heterocycles. The summed E-state index contributed by atoms with van der Waals surface area (Å²) < 4.78 is 23.5. The average molecular weight is 828 g/mol. The first kappa shape index (κ1) is 42.7.